The fraction of sp³-hybridized carbons (Fsp3) is 0.308. The molecule has 0 bridgehead atoms. The maximum absolute atomic E-state index is 12.5. The molecule has 0 saturated carbocycles. The van der Waals surface area contributed by atoms with Gasteiger partial charge in [0.05, 0.1) is 5.39 Å². The van der Waals surface area contributed by atoms with Gasteiger partial charge in [0.1, 0.15) is 0 Å². The number of rotatable bonds is 3. The quantitative estimate of drug-likeness (QED) is 0.483. The van der Waals surface area contributed by atoms with E-state index in [4.69, 9.17) is 0 Å². The summed E-state index contributed by atoms with van der Waals surface area (Å²) in [5.41, 5.74) is 2.28. The van der Waals surface area contributed by atoms with Crippen molar-refractivity contribution >= 4 is 22.8 Å². The summed E-state index contributed by atoms with van der Waals surface area (Å²) in [7, 11) is 0. The van der Waals surface area contributed by atoms with Gasteiger partial charge in [-0.3, -0.25) is 9.36 Å². The van der Waals surface area contributed by atoms with Gasteiger partial charge in [-0.15, -0.1) is 6.58 Å². The molecular formula is C13H15N3OS. The van der Waals surface area contributed by atoms with Crippen LogP contribution in [0.3, 0.4) is 0 Å². The molecule has 2 aromatic heterocycles. The Morgan fingerprint density at radius 2 is 2.17 bits per heavy atom. The van der Waals surface area contributed by atoms with E-state index in [1.807, 2.05) is 26.2 Å². The van der Waals surface area contributed by atoms with Crippen molar-refractivity contribution in [2.24, 2.45) is 0 Å². The van der Waals surface area contributed by atoms with Crippen molar-refractivity contribution in [1.29, 1.82) is 0 Å². The summed E-state index contributed by atoms with van der Waals surface area (Å²) in [6.07, 6.45) is 3.60. The Morgan fingerprint density at radius 1 is 1.44 bits per heavy atom. The van der Waals surface area contributed by atoms with E-state index in [0.29, 0.717) is 22.7 Å². The van der Waals surface area contributed by atoms with E-state index in [-0.39, 0.29) is 5.56 Å². The first kappa shape index (κ1) is 12.8. The molecule has 4 nitrogen and oxygen atoms in total. The smallest absolute Gasteiger partial charge is 0.264 e. The Morgan fingerprint density at radius 3 is 2.78 bits per heavy atom. The van der Waals surface area contributed by atoms with Crippen LogP contribution in [0.5, 0.6) is 0 Å². The van der Waals surface area contributed by atoms with Crippen LogP contribution in [0.15, 0.2) is 28.7 Å². The minimum absolute atomic E-state index is 0.0470. The molecule has 0 atom stereocenters. The lowest BCUT2D eigenvalue weighted by molar-refractivity contribution is 0.669. The first-order valence-electron chi connectivity index (χ1n) is 5.62. The SMILES string of the molecule is C=CCn1c(SC)nc2nc(C)cc(C)c2c1=O. The highest BCUT2D eigenvalue weighted by atomic mass is 32.2. The number of hydrogen-bond donors (Lipinski definition) is 0. The van der Waals surface area contributed by atoms with Crippen LogP contribution in [0.4, 0.5) is 0 Å². The first-order valence-corrected chi connectivity index (χ1v) is 6.84. The Bertz CT molecular complexity index is 676. The van der Waals surface area contributed by atoms with E-state index in [1.54, 1.807) is 10.6 Å². The fourth-order valence-corrected chi connectivity index (χ4v) is 2.54. The monoisotopic (exact) mass is 261 g/mol. The molecule has 2 rings (SSSR count). The molecule has 0 spiro atoms. The maximum atomic E-state index is 12.5. The van der Waals surface area contributed by atoms with Gasteiger partial charge in [0.2, 0.25) is 0 Å². The number of hydrogen-bond acceptors (Lipinski definition) is 4. The van der Waals surface area contributed by atoms with E-state index < -0.39 is 0 Å². The van der Waals surface area contributed by atoms with Crippen LogP contribution in [0, 0.1) is 13.8 Å². The van der Waals surface area contributed by atoms with Gasteiger partial charge in [-0.1, -0.05) is 17.8 Å². The van der Waals surface area contributed by atoms with Crippen molar-refractivity contribution < 1.29 is 0 Å². The second-order valence-corrected chi connectivity index (χ2v) is 4.86. The molecule has 5 heteroatoms. The van der Waals surface area contributed by atoms with E-state index >= 15 is 0 Å². The van der Waals surface area contributed by atoms with Crippen LogP contribution in [0.25, 0.3) is 11.0 Å². The lowest BCUT2D eigenvalue weighted by Crippen LogP contribution is -2.23. The van der Waals surface area contributed by atoms with E-state index in [2.05, 4.69) is 16.5 Å². The predicted octanol–water partition coefficient (Wildman–Crippen LogP) is 2.32. The van der Waals surface area contributed by atoms with E-state index in [9.17, 15) is 4.79 Å². The van der Waals surface area contributed by atoms with Crippen LogP contribution in [0.2, 0.25) is 0 Å². The maximum Gasteiger partial charge on any atom is 0.264 e. The van der Waals surface area contributed by atoms with Crippen LogP contribution in [0.1, 0.15) is 11.3 Å². The van der Waals surface area contributed by atoms with Crippen LogP contribution in [-0.4, -0.2) is 20.8 Å². The Balaban J connectivity index is 2.91. The summed E-state index contributed by atoms with van der Waals surface area (Å²) < 4.78 is 1.63. The van der Waals surface area contributed by atoms with Gasteiger partial charge >= 0.3 is 0 Å². The van der Waals surface area contributed by atoms with Gasteiger partial charge in [0.25, 0.3) is 5.56 Å². The third-order valence-electron chi connectivity index (χ3n) is 2.71. The molecule has 0 fully saturated rings. The second-order valence-electron chi connectivity index (χ2n) is 4.08. The number of aromatic nitrogens is 3. The Labute approximate surface area is 110 Å². The molecule has 0 aromatic carbocycles. The van der Waals surface area contributed by atoms with Gasteiger partial charge in [0, 0.05) is 12.2 Å². The zero-order chi connectivity index (χ0) is 13.3. The molecule has 18 heavy (non-hydrogen) atoms. The molecule has 2 aromatic rings. The fourth-order valence-electron chi connectivity index (χ4n) is 1.98. The van der Waals surface area contributed by atoms with E-state index in [0.717, 1.165) is 11.3 Å². The van der Waals surface area contributed by atoms with Gasteiger partial charge in [-0.25, -0.2) is 9.97 Å². The third-order valence-corrected chi connectivity index (χ3v) is 3.39. The van der Waals surface area contributed by atoms with Gasteiger partial charge in [-0.2, -0.15) is 0 Å². The zero-order valence-corrected chi connectivity index (χ0v) is 11.5. The third kappa shape index (κ3) is 2.06. The standard InChI is InChI=1S/C13H15N3OS/c1-5-6-16-12(17)10-8(2)7-9(3)14-11(10)15-13(16)18-4/h5,7H,1,6H2,2-4H3. The lowest BCUT2D eigenvalue weighted by Gasteiger charge is -2.10. The highest BCUT2D eigenvalue weighted by Crippen LogP contribution is 2.17. The number of allylic oxidation sites excluding steroid dienone is 1. The average molecular weight is 261 g/mol. The van der Waals surface area contributed by atoms with Crippen LogP contribution >= 0.6 is 11.8 Å². The molecule has 0 saturated heterocycles. The number of nitrogens with zero attached hydrogens (tertiary/aromatic N) is 3. The Kier molecular flexibility index (Phi) is 3.52. The molecule has 0 N–H and O–H groups in total. The first-order chi connectivity index (χ1) is 8.58. The largest absolute Gasteiger partial charge is 0.283 e. The highest BCUT2D eigenvalue weighted by molar-refractivity contribution is 7.98. The molecule has 0 radical (unpaired) electrons. The number of pyridine rings is 1. The summed E-state index contributed by atoms with van der Waals surface area (Å²) in [4.78, 5) is 21.3. The van der Waals surface area contributed by atoms with Crippen molar-refractivity contribution in [3.05, 3.63) is 40.3 Å². The minimum Gasteiger partial charge on any atom is -0.283 e. The normalized spacial score (nSPS) is 10.8. The second kappa shape index (κ2) is 4.94. The highest BCUT2D eigenvalue weighted by Gasteiger charge is 2.12. The number of thioether (sulfide) groups is 1. The number of fused-ring (bicyclic) bond motifs is 1. The summed E-state index contributed by atoms with van der Waals surface area (Å²) in [6, 6.07) is 1.91. The average Bonchev–Trinajstić information content (AvgIpc) is 2.31. The predicted molar refractivity (Wildman–Crippen MR) is 75.3 cm³/mol. The minimum atomic E-state index is -0.0470. The van der Waals surface area contributed by atoms with Gasteiger partial charge < -0.3 is 0 Å². The molecule has 0 aliphatic rings. The summed E-state index contributed by atoms with van der Waals surface area (Å²) in [5, 5.41) is 1.27. The molecule has 94 valence electrons. The van der Waals surface area contributed by atoms with Gasteiger partial charge in [-0.05, 0) is 31.7 Å². The molecular weight excluding hydrogens is 246 g/mol. The van der Waals surface area contributed by atoms with Gasteiger partial charge in [0.15, 0.2) is 10.8 Å². The topological polar surface area (TPSA) is 47.8 Å². The molecule has 2 heterocycles. The summed E-state index contributed by atoms with van der Waals surface area (Å²) in [5.74, 6) is 0. The molecule has 0 amide bonds. The molecule has 0 unspecified atom stereocenters. The van der Waals surface area contributed by atoms with Crippen LogP contribution in [-0.2, 0) is 6.54 Å². The zero-order valence-electron chi connectivity index (χ0n) is 10.7. The van der Waals surface area contributed by atoms with Crippen molar-refractivity contribution in [3.8, 4) is 0 Å². The van der Waals surface area contributed by atoms with Crippen molar-refractivity contribution in [3.63, 3.8) is 0 Å². The lowest BCUT2D eigenvalue weighted by atomic mass is 10.2. The van der Waals surface area contributed by atoms with Crippen molar-refractivity contribution in [2.45, 2.75) is 25.5 Å². The van der Waals surface area contributed by atoms with Crippen molar-refractivity contribution in [2.75, 3.05) is 6.26 Å². The summed E-state index contributed by atoms with van der Waals surface area (Å²) >= 11 is 1.44. The van der Waals surface area contributed by atoms with E-state index in [1.165, 1.54) is 11.8 Å². The van der Waals surface area contributed by atoms with Crippen LogP contribution < -0.4 is 5.56 Å². The molecule has 0 aliphatic carbocycles. The Hall–Kier alpha value is -1.62. The summed E-state index contributed by atoms with van der Waals surface area (Å²) in [6.45, 7) is 7.96. The number of aryl methyl sites for hydroxylation is 2. The van der Waals surface area contributed by atoms with Crippen molar-refractivity contribution in [1.82, 2.24) is 14.5 Å². The molecule has 0 aliphatic heterocycles.